The minimum atomic E-state index is -1.01. The second-order valence-electron chi connectivity index (χ2n) is 3.13. The Morgan fingerprint density at radius 2 is 2.14 bits per heavy atom. The number of unbranched alkanes of at least 4 members (excludes halogenated alkanes) is 2. The van der Waals surface area contributed by atoms with E-state index < -0.39 is 10.8 Å². The molecular formula is C9H20N2O2S. The van der Waals surface area contributed by atoms with Crippen LogP contribution >= 0.6 is 0 Å². The van der Waals surface area contributed by atoms with Gasteiger partial charge in [-0.1, -0.05) is 19.8 Å². The number of rotatable bonds is 8. The van der Waals surface area contributed by atoms with Crippen molar-refractivity contribution < 1.29 is 9.00 Å². The van der Waals surface area contributed by atoms with E-state index in [0.717, 1.165) is 19.3 Å². The first-order chi connectivity index (χ1) is 6.70. The molecule has 84 valence electrons. The Balaban J connectivity index is 3.45. The van der Waals surface area contributed by atoms with Gasteiger partial charge in [0.1, 0.15) is 5.75 Å². The number of carbonyl (C=O) groups is 1. The van der Waals surface area contributed by atoms with Gasteiger partial charge < -0.3 is 11.1 Å². The zero-order valence-corrected chi connectivity index (χ0v) is 9.57. The van der Waals surface area contributed by atoms with Crippen molar-refractivity contribution in [2.24, 2.45) is 5.73 Å². The first-order valence-electron chi connectivity index (χ1n) is 5.02. The summed E-state index contributed by atoms with van der Waals surface area (Å²) in [4.78, 5) is 11.1. The van der Waals surface area contributed by atoms with Crippen LogP contribution < -0.4 is 11.1 Å². The van der Waals surface area contributed by atoms with Crippen molar-refractivity contribution >= 4 is 16.7 Å². The van der Waals surface area contributed by atoms with Crippen LogP contribution in [-0.2, 0) is 15.6 Å². The van der Waals surface area contributed by atoms with Gasteiger partial charge in [-0.2, -0.15) is 0 Å². The Morgan fingerprint density at radius 1 is 1.43 bits per heavy atom. The smallest absolute Gasteiger partial charge is 0.232 e. The predicted molar refractivity (Wildman–Crippen MR) is 59.5 cm³/mol. The van der Waals surface area contributed by atoms with E-state index in [1.807, 2.05) is 0 Å². The summed E-state index contributed by atoms with van der Waals surface area (Å²) in [6.45, 7) is 2.98. The first-order valence-corrected chi connectivity index (χ1v) is 6.51. The number of amides is 1. The first kappa shape index (κ1) is 13.6. The third-order valence-electron chi connectivity index (χ3n) is 1.73. The molecule has 0 aliphatic carbocycles. The largest absolute Gasteiger partial charge is 0.354 e. The maximum atomic E-state index is 11.3. The van der Waals surface area contributed by atoms with Gasteiger partial charge in [-0.25, -0.2) is 0 Å². The van der Waals surface area contributed by atoms with E-state index in [1.165, 1.54) is 0 Å². The maximum Gasteiger partial charge on any atom is 0.232 e. The Morgan fingerprint density at radius 3 is 2.71 bits per heavy atom. The molecule has 0 aromatic carbocycles. The minimum absolute atomic E-state index is 0.115. The standard InChI is InChI=1S/C9H20N2O2S/c1-2-3-4-7-14(13)8-9(12)11-6-5-10/h2-8,10H2,1H3,(H,11,12). The molecule has 0 aromatic rings. The van der Waals surface area contributed by atoms with Crippen LogP contribution in [0.15, 0.2) is 0 Å². The van der Waals surface area contributed by atoms with Crippen LogP contribution in [0.2, 0.25) is 0 Å². The highest BCUT2D eigenvalue weighted by Crippen LogP contribution is 1.96. The average molecular weight is 220 g/mol. The highest BCUT2D eigenvalue weighted by Gasteiger charge is 2.06. The molecule has 3 N–H and O–H groups in total. The van der Waals surface area contributed by atoms with E-state index in [4.69, 9.17) is 5.73 Å². The van der Waals surface area contributed by atoms with Gasteiger partial charge in [0.25, 0.3) is 0 Å². The fourth-order valence-electron chi connectivity index (χ4n) is 0.994. The molecule has 0 rings (SSSR count). The third kappa shape index (κ3) is 8.19. The summed E-state index contributed by atoms with van der Waals surface area (Å²) in [5.41, 5.74) is 5.22. The number of nitrogens with two attached hydrogens (primary N) is 1. The van der Waals surface area contributed by atoms with E-state index in [1.54, 1.807) is 0 Å². The van der Waals surface area contributed by atoms with Crippen LogP contribution in [0.3, 0.4) is 0 Å². The fraction of sp³-hybridized carbons (Fsp3) is 0.889. The zero-order valence-electron chi connectivity index (χ0n) is 8.75. The summed E-state index contributed by atoms with van der Waals surface area (Å²) in [7, 11) is -1.01. The lowest BCUT2D eigenvalue weighted by atomic mass is 10.3. The second-order valence-corrected chi connectivity index (χ2v) is 4.71. The lowest BCUT2D eigenvalue weighted by molar-refractivity contribution is -0.118. The van der Waals surface area contributed by atoms with Crippen LogP contribution in [0, 0.1) is 0 Å². The zero-order chi connectivity index (χ0) is 10.8. The summed E-state index contributed by atoms with van der Waals surface area (Å²) < 4.78 is 11.3. The van der Waals surface area contributed by atoms with Crippen LogP contribution in [-0.4, -0.2) is 34.7 Å². The van der Waals surface area contributed by atoms with Crippen molar-refractivity contribution in [3.8, 4) is 0 Å². The summed E-state index contributed by atoms with van der Waals surface area (Å²) >= 11 is 0. The average Bonchev–Trinajstić information content (AvgIpc) is 2.15. The molecule has 0 heterocycles. The van der Waals surface area contributed by atoms with E-state index in [-0.39, 0.29) is 11.7 Å². The molecule has 0 aromatic heterocycles. The minimum Gasteiger partial charge on any atom is -0.354 e. The van der Waals surface area contributed by atoms with Gasteiger partial charge in [-0.15, -0.1) is 0 Å². The lowest BCUT2D eigenvalue weighted by Gasteiger charge is -2.03. The molecule has 4 nitrogen and oxygen atoms in total. The molecule has 0 bridgehead atoms. The Hall–Kier alpha value is -0.420. The summed E-state index contributed by atoms with van der Waals surface area (Å²) in [5.74, 6) is 0.582. The van der Waals surface area contributed by atoms with Crippen molar-refractivity contribution in [2.75, 3.05) is 24.6 Å². The second kappa shape index (κ2) is 9.15. The monoisotopic (exact) mass is 220 g/mol. The fourth-order valence-corrected chi connectivity index (χ4v) is 2.06. The van der Waals surface area contributed by atoms with Gasteiger partial charge >= 0.3 is 0 Å². The molecule has 1 atom stereocenters. The Labute approximate surface area is 88.1 Å². The normalized spacial score (nSPS) is 12.4. The van der Waals surface area contributed by atoms with Gasteiger partial charge in [0, 0.05) is 29.6 Å². The van der Waals surface area contributed by atoms with E-state index in [2.05, 4.69) is 12.2 Å². The molecule has 1 amide bonds. The van der Waals surface area contributed by atoms with Gasteiger partial charge in [0.15, 0.2) is 0 Å². The van der Waals surface area contributed by atoms with Gasteiger partial charge in [-0.05, 0) is 6.42 Å². The van der Waals surface area contributed by atoms with Crippen molar-refractivity contribution in [3.05, 3.63) is 0 Å². The summed E-state index contributed by atoms with van der Waals surface area (Å²) in [5, 5.41) is 2.60. The van der Waals surface area contributed by atoms with Gasteiger partial charge in [0.05, 0.1) is 0 Å². The lowest BCUT2D eigenvalue weighted by Crippen LogP contribution is -2.32. The molecule has 0 spiro atoms. The molecule has 0 aliphatic rings. The third-order valence-corrected chi connectivity index (χ3v) is 3.06. The predicted octanol–water partition coefficient (Wildman–Crippen LogP) is 0.000200. The van der Waals surface area contributed by atoms with Crippen LogP contribution in [0.5, 0.6) is 0 Å². The number of hydrogen-bond donors (Lipinski definition) is 2. The summed E-state index contributed by atoms with van der Waals surface area (Å²) in [6, 6.07) is 0. The van der Waals surface area contributed by atoms with Crippen LogP contribution in [0.25, 0.3) is 0 Å². The Bertz CT molecular complexity index is 186. The Kier molecular flexibility index (Phi) is 8.87. The highest BCUT2D eigenvalue weighted by atomic mass is 32.2. The summed E-state index contributed by atoms with van der Waals surface area (Å²) in [6.07, 6.45) is 3.13. The highest BCUT2D eigenvalue weighted by molar-refractivity contribution is 7.85. The van der Waals surface area contributed by atoms with Gasteiger partial charge in [0.2, 0.25) is 5.91 Å². The maximum absolute atomic E-state index is 11.3. The van der Waals surface area contributed by atoms with Crippen LogP contribution in [0.1, 0.15) is 26.2 Å². The molecular weight excluding hydrogens is 200 g/mol. The van der Waals surface area contributed by atoms with E-state index in [9.17, 15) is 9.00 Å². The number of carbonyl (C=O) groups excluding carboxylic acids is 1. The molecule has 5 heteroatoms. The molecule has 14 heavy (non-hydrogen) atoms. The van der Waals surface area contributed by atoms with E-state index in [0.29, 0.717) is 18.8 Å². The topological polar surface area (TPSA) is 72.2 Å². The SMILES string of the molecule is CCCCCS(=O)CC(=O)NCCN. The van der Waals surface area contributed by atoms with E-state index >= 15 is 0 Å². The molecule has 1 unspecified atom stereocenters. The molecule has 0 saturated carbocycles. The number of nitrogens with one attached hydrogen (secondary N) is 1. The molecule has 0 aliphatic heterocycles. The van der Waals surface area contributed by atoms with Crippen molar-refractivity contribution in [2.45, 2.75) is 26.2 Å². The van der Waals surface area contributed by atoms with Crippen LogP contribution in [0.4, 0.5) is 0 Å². The quantitative estimate of drug-likeness (QED) is 0.566. The van der Waals surface area contributed by atoms with Crippen molar-refractivity contribution in [3.63, 3.8) is 0 Å². The van der Waals surface area contributed by atoms with Crippen molar-refractivity contribution in [1.82, 2.24) is 5.32 Å². The molecule has 0 radical (unpaired) electrons. The molecule has 0 saturated heterocycles. The van der Waals surface area contributed by atoms with Crippen molar-refractivity contribution in [1.29, 1.82) is 0 Å². The van der Waals surface area contributed by atoms with Gasteiger partial charge in [-0.3, -0.25) is 9.00 Å². The number of hydrogen-bond acceptors (Lipinski definition) is 3. The molecule has 0 fully saturated rings.